The first kappa shape index (κ1) is 26.4. The molecule has 0 atom stereocenters. The predicted octanol–water partition coefficient (Wildman–Crippen LogP) is 5.32. The highest BCUT2D eigenvalue weighted by molar-refractivity contribution is 9.11. The summed E-state index contributed by atoms with van der Waals surface area (Å²) in [5.74, 6) is -1.11. The number of thiophene rings is 1. The number of nitrogens with one attached hydrogen (secondary N) is 2. The first-order chi connectivity index (χ1) is 17.1. The number of anilines is 2. The minimum absolute atomic E-state index is 0.0103. The van der Waals surface area contributed by atoms with Crippen LogP contribution in [0.15, 0.2) is 34.1 Å². The molecular formula is C23H23BrF3N3O5S. The van der Waals surface area contributed by atoms with Crippen LogP contribution in [-0.4, -0.2) is 43.2 Å². The van der Waals surface area contributed by atoms with Crippen LogP contribution in [0.4, 0.5) is 29.3 Å². The maximum Gasteiger partial charge on any atom is 0.418 e. The smallest absolute Gasteiger partial charge is 0.399 e. The Balaban J connectivity index is 1.54. The third-order valence-electron chi connectivity index (χ3n) is 6.05. The van der Waals surface area contributed by atoms with Gasteiger partial charge in [0.1, 0.15) is 5.54 Å². The summed E-state index contributed by atoms with van der Waals surface area (Å²) in [4.78, 5) is 39.1. The maximum absolute atomic E-state index is 13.9. The number of ether oxygens (including phenoxy) is 2. The lowest BCUT2D eigenvalue weighted by Crippen LogP contribution is -2.55. The highest BCUT2D eigenvalue weighted by Crippen LogP contribution is 2.39. The molecule has 1 aliphatic heterocycles. The highest BCUT2D eigenvalue weighted by Gasteiger charge is 2.44. The summed E-state index contributed by atoms with van der Waals surface area (Å²) >= 11 is 4.47. The van der Waals surface area contributed by atoms with Gasteiger partial charge in [0, 0.05) is 12.2 Å². The summed E-state index contributed by atoms with van der Waals surface area (Å²) < 4.78 is 53.1. The first-order valence-electron chi connectivity index (χ1n) is 11.2. The molecule has 2 fully saturated rings. The van der Waals surface area contributed by atoms with Crippen molar-refractivity contribution in [1.82, 2.24) is 5.32 Å². The molecule has 0 radical (unpaired) electrons. The molecule has 2 aliphatic rings. The number of benzene rings is 1. The normalized spacial score (nSPS) is 18.0. The maximum atomic E-state index is 13.9. The van der Waals surface area contributed by atoms with E-state index in [0.717, 1.165) is 14.8 Å². The lowest BCUT2D eigenvalue weighted by Gasteiger charge is -2.29. The number of halogens is 4. The fourth-order valence-electron chi connectivity index (χ4n) is 4.31. The summed E-state index contributed by atoms with van der Waals surface area (Å²) in [6.07, 6.45) is -3.68. The fraction of sp³-hybridized carbons (Fsp3) is 0.435. The van der Waals surface area contributed by atoms with Gasteiger partial charge in [0.2, 0.25) is 11.8 Å². The Hall–Kier alpha value is -2.64. The molecule has 2 aromatic rings. The van der Waals surface area contributed by atoms with Gasteiger partial charge in [-0.25, -0.2) is 4.79 Å². The predicted molar refractivity (Wildman–Crippen MR) is 130 cm³/mol. The van der Waals surface area contributed by atoms with Crippen molar-refractivity contribution in [3.63, 3.8) is 0 Å². The standard InChI is InChI=1S/C23H23BrF3N3O5S/c24-17-5-6-19(36-17)35-21(33)29-22(8-1-2-9-22)20(32)28-14-3-4-16(15(13-14)23(25,26)27)30-10-12-34-11-7-18(30)31/h3-6,13H,1-2,7-12H2,(H,28,32)(H,29,33). The number of rotatable bonds is 5. The monoisotopic (exact) mass is 589 g/mol. The van der Waals surface area contributed by atoms with Gasteiger partial charge in [0.25, 0.3) is 0 Å². The van der Waals surface area contributed by atoms with Gasteiger partial charge in [0.15, 0.2) is 5.06 Å². The fourth-order valence-corrected chi connectivity index (χ4v) is 5.50. The SMILES string of the molecule is O=C(NC1(C(=O)Nc2ccc(N3CCOCCC3=O)c(C(F)(F)F)c2)CCCC1)Oc1ccc(Br)s1. The van der Waals surface area contributed by atoms with Crippen molar-refractivity contribution >= 4 is 56.5 Å². The third-order valence-corrected chi connectivity index (χ3v) is 7.55. The van der Waals surface area contributed by atoms with Crippen molar-refractivity contribution in [1.29, 1.82) is 0 Å². The lowest BCUT2D eigenvalue weighted by atomic mass is 9.96. The molecule has 4 rings (SSSR count). The van der Waals surface area contributed by atoms with Crippen LogP contribution in [-0.2, 0) is 20.5 Å². The molecule has 3 amide bonds. The van der Waals surface area contributed by atoms with E-state index in [-0.39, 0.29) is 37.6 Å². The van der Waals surface area contributed by atoms with Crippen LogP contribution in [0.1, 0.15) is 37.7 Å². The van der Waals surface area contributed by atoms with Gasteiger partial charge >= 0.3 is 12.3 Å². The van der Waals surface area contributed by atoms with Gasteiger partial charge < -0.3 is 25.0 Å². The zero-order chi connectivity index (χ0) is 25.9. The van der Waals surface area contributed by atoms with Gasteiger partial charge in [-0.3, -0.25) is 9.59 Å². The van der Waals surface area contributed by atoms with E-state index in [2.05, 4.69) is 26.6 Å². The average Bonchev–Trinajstić information content (AvgIpc) is 3.39. The number of hydrogen-bond donors (Lipinski definition) is 2. The van der Waals surface area contributed by atoms with E-state index in [4.69, 9.17) is 9.47 Å². The Morgan fingerprint density at radius 3 is 2.56 bits per heavy atom. The third kappa shape index (κ3) is 6.01. The molecule has 0 bridgehead atoms. The topological polar surface area (TPSA) is 97.0 Å². The van der Waals surface area contributed by atoms with E-state index in [1.807, 2.05) is 0 Å². The van der Waals surface area contributed by atoms with Gasteiger partial charge in [-0.1, -0.05) is 24.2 Å². The van der Waals surface area contributed by atoms with Crippen molar-refractivity contribution in [2.75, 3.05) is 30.0 Å². The highest BCUT2D eigenvalue weighted by atomic mass is 79.9. The van der Waals surface area contributed by atoms with E-state index in [0.29, 0.717) is 30.7 Å². The number of alkyl halides is 3. The zero-order valence-corrected chi connectivity index (χ0v) is 21.4. The summed E-state index contributed by atoms with van der Waals surface area (Å²) in [6, 6.07) is 6.58. The molecule has 1 saturated heterocycles. The molecule has 1 saturated carbocycles. The van der Waals surface area contributed by atoms with Crippen LogP contribution in [0, 0.1) is 0 Å². The van der Waals surface area contributed by atoms with Crippen molar-refractivity contribution in [3.05, 3.63) is 39.7 Å². The second kappa shape index (κ2) is 10.8. The first-order valence-corrected chi connectivity index (χ1v) is 12.8. The Morgan fingerprint density at radius 1 is 1.14 bits per heavy atom. The summed E-state index contributed by atoms with van der Waals surface area (Å²) in [5, 5.41) is 5.47. The van der Waals surface area contributed by atoms with E-state index in [9.17, 15) is 27.6 Å². The minimum atomic E-state index is -4.77. The molecule has 2 N–H and O–H groups in total. The Morgan fingerprint density at radius 2 is 1.89 bits per heavy atom. The molecule has 36 heavy (non-hydrogen) atoms. The second-order valence-corrected chi connectivity index (χ2v) is 10.9. The molecule has 1 aliphatic carbocycles. The molecular weight excluding hydrogens is 567 g/mol. The molecule has 2 heterocycles. The number of hydrogen-bond acceptors (Lipinski definition) is 6. The quantitative estimate of drug-likeness (QED) is 0.492. The van der Waals surface area contributed by atoms with Crippen LogP contribution in [0.25, 0.3) is 0 Å². The second-order valence-electron chi connectivity index (χ2n) is 8.45. The minimum Gasteiger partial charge on any atom is -0.399 e. The van der Waals surface area contributed by atoms with Crippen LogP contribution in [0.3, 0.4) is 0 Å². The van der Waals surface area contributed by atoms with Gasteiger partial charge in [-0.05, 0) is 59.1 Å². The molecule has 1 aromatic carbocycles. The van der Waals surface area contributed by atoms with Crippen LogP contribution in [0.5, 0.6) is 5.06 Å². The Kier molecular flexibility index (Phi) is 7.90. The molecule has 0 unspecified atom stereocenters. The summed E-state index contributed by atoms with van der Waals surface area (Å²) in [7, 11) is 0. The van der Waals surface area contributed by atoms with E-state index >= 15 is 0 Å². The molecule has 13 heteroatoms. The number of amides is 3. The summed E-state index contributed by atoms with van der Waals surface area (Å²) in [6.45, 7) is 0.254. The summed E-state index contributed by atoms with van der Waals surface area (Å²) in [5.41, 5.74) is -2.76. The Labute approximate surface area is 217 Å². The molecule has 8 nitrogen and oxygen atoms in total. The van der Waals surface area contributed by atoms with E-state index in [1.54, 1.807) is 12.1 Å². The van der Waals surface area contributed by atoms with Crippen LogP contribution < -0.4 is 20.3 Å². The zero-order valence-electron chi connectivity index (χ0n) is 19.0. The van der Waals surface area contributed by atoms with Crippen molar-refractivity contribution in [2.24, 2.45) is 0 Å². The number of nitrogens with zero attached hydrogens (tertiary/aromatic N) is 1. The molecule has 194 valence electrons. The van der Waals surface area contributed by atoms with Gasteiger partial charge in [0.05, 0.1) is 34.7 Å². The van der Waals surface area contributed by atoms with Crippen LogP contribution in [0.2, 0.25) is 0 Å². The Bertz CT molecular complexity index is 1150. The molecule has 0 spiro atoms. The van der Waals surface area contributed by atoms with Crippen LogP contribution >= 0.6 is 27.3 Å². The van der Waals surface area contributed by atoms with Gasteiger partial charge in [-0.2, -0.15) is 13.2 Å². The average molecular weight is 590 g/mol. The number of carbonyl (C=O) groups is 3. The molecule has 1 aromatic heterocycles. The van der Waals surface area contributed by atoms with Crippen molar-refractivity contribution < 1.29 is 37.0 Å². The largest absolute Gasteiger partial charge is 0.418 e. The van der Waals surface area contributed by atoms with Crippen molar-refractivity contribution in [3.8, 4) is 5.06 Å². The van der Waals surface area contributed by atoms with E-state index < -0.39 is 35.2 Å². The number of carbonyl (C=O) groups excluding carboxylic acids is 3. The van der Waals surface area contributed by atoms with E-state index in [1.165, 1.54) is 23.5 Å². The van der Waals surface area contributed by atoms with Crippen molar-refractivity contribution in [2.45, 2.75) is 43.8 Å². The van der Waals surface area contributed by atoms with Gasteiger partial charge in [-0.15, -0.1) is 0 Å². The lowest BCUT2D eigenvalue weighted by molar-refractivity contribution is -0.137.